The maximum absolute atomic E-state index is 8.87. The molecule has 0 saturated carbocycles. The fraction of sp³-hybridized carbons (Fsp3) is 0. The average molecular weight is 226 g/mol. The Morgan fingerprint density at radius 3 is 2.44 bits per heavy atom. The van der Waals surface area contributed by atoms with Crippen LogP contribution in [0.2, 0.25) is 0 Å². The Morgan fingerprint density at radius 2 is 1.75 bits per heavy atom. The second kappa shape index (κ2) is 4.73. The van der Waals surface area contributed by atoms with Crippen LogP contribution in [0.1, 0.15) is 5.56 Å². The summed E-state index contributed by atoms with van der Waals surface area (Å²) >= 11 is 1.62. The van der Waals surface area contributed by atoms with Crippen molar-refractivity contribution >= 4 is 17.4 Å². The van der Waals surface area contributed by atoms with Crippen LogP contribution >= 0.6 is 11.8 Å². The Bertz CT molecular complexity index is 529. The molecule has 0 saturated heterocycles. The number of nitrogens with zero attached hydrogens (tertiary/aromatic N) is 1. The molecular weight excluding hydrogens is 216 g/mol. The summed E-state index contributed by atoms with van der Waals surface area (Å²) in [7, 11) is 0. The van der Waals surface area contributed by atoms with Crippen molar-refractivity contribution in [1.29, 1.82) is 5.26 Å². The van der Waals surface area contributed by atoms with Crippen LogP contribution < -0.4 is 5.73 Å². The van der Waals surface area contributed by atoms with Crippen molar-refractivity contribution in [2.75, 3.05) is 5.73 Å². The lowest BCUT2D eigenvalue weighted by Gasteiger charge is -2.03. The molecule has 2 nitrogen and oxygen atoms in total. The van der Waals surface area contributed by atoms with Crippen molar-refractivity contribution in [2.45, 2.75) is 9.79 Å². The molecule has 16 heavy (non-hydrogen) atoms. The Balaban J connectivity index is 2.27. The molecule has 0 aliphatic rings. The summed E-state index contributed by atoms with van der Waals surface area (Å²) < 4.78 is 0. The highest BCUT2D eigenvalue weighted by Crippen LogP contribution is 2.29. The molecule has 0 spiro atoms. The number of anilines is 1. The summed E-state index contributed by atoms with van der Waals surface area (Å²) in [6, 6.07) is 17.6. The van der Waals surface area contributed by atoms with Gasteiger partial charge in [-0.3, -0.25) is 0 Å². The van der Waals surface area contributed by atoms with Crippen LogP contribution in [0.4, 0.5) is 5.69 Å². The zero-order chi connectivity index (χ0) is 11.4. The molecule has 2 rings (SSSR count). The first-order valence-corrected chi connectivity index (χ1v) is 5.64. The smallest absolute Gasteiger partial charge is 0.101 e. The molecule has 2 aromatic rings. The van der Waals surface area contributed by atoms with Gasteiger partial charge in [0.25, 0.3) is 0 Å². The standard InChI is InChI=1S/C13H10N2S/c14-9-10-8-12(6-7-13(10)15)16-11-4-2-1-3-5-11/h1-8H,15H2. The molecule has 2 aromatic carbocycles. The maximum atomic E-state index is 8.87. The molecule has 78 valence electrons. The van der Waals surface area contributed by atoms with Gasteiger partial charge >= 0.3 is 0 Å². The number of nitriles is 1. The first-order chi connectivity index (χ1) is 7.79. The van der Waals surface area contributed by atoms with Crippen LogP contribution in [-0.4, -0.2) is 0 Å². The van der Waals surface area contributed by atoms with E-state index in [1.165, 1.54) is 0 Å². The highest BCUT2D eigenvalue weighted by molar-refractivity contribution is 7.99. The summed E-state index contributed by atoms with van der Waals surface area (Å²) in [6.07, 6.45) is 0. The van der Waals surface area contributed by atoms with E-state index in [9.17, 15) is 0 Å². The summed E-state index contributed by atoms with van der Waals surface area (Å²) in [5.41, 5.74) is 6.72. The lowest BCUT2D eigenvalue weighted by Crippen LogP contribution is -1.89. The van der Waals surface area contributed by atoms with Gasteiger partial charge in [-0.05, 0) is 30.3 Å². The lowest BCUT2D eigenvalue weighted by molar-refractivity contribution is 1.38. The minimum Gasteiger partial charge on any atom is -0.398 e. The van der Waals surface area contributed by atoms with Gasteiger partial charge in [0.1, 0.15) is 6.07 Å². The van der Waals surface area contributed by atoms with Gasteiger partial charge in [0, 0.05) is 15.5 Å². The third-order valence-electron chi connectivity index (χ3n) is 2.12. The molecule has 2 N–H and O–H groups in total. The van der Waals surface area contributed by atoms with Gasteiger partial charge in [-0.2, -0.15) is 5.26 Å². The number of nitrogen functional groups attached to an aromatic ring is 1. The van der Waals surface area contributed by atoms with Crippen LogP contribution in [0.15, 0.2) is 58.3 Å². The highest BCUT2D eigenvalue weighted by atomic mass is 32.2. The third-order valence-corrected chi connectivity index (χ3v) is 3.12. The molecule has 0 bridgehead atoms. The molecule has 0 aliphatic heterocycles. The number of rotatable bonds is 2. The first kappa shape index (κ1) is 10.6. The van der Waals surface area contributed by atoms with E-state index in [0.29, 0.717) is 11.3 Å². The Hall–Kier alpha value is -1.92. The van der Waals surface area contributed by atoms with Crippen molar-refractivity contribution in [3.05, 3.63) is 54.1 Å². The van der Waals surface area contributed by atoms with Crippen molar-refractivity contribution in [3.63, 3.8) is 0 Å². The van der Waals surface area contributed by atoms with Crippen LogP contribution in [-0.2, 0) is 0 Å². The van der Waals surface area contributed by atoms with E-state index in [1.807, 2.05) is 42.5 Å². The van der Waals surface area contributed by atoms with E-state index < -0.39 is 0 Å². The predicted molar refractivity (Wildman–Crippen MR) is 66.1 cm³/mol. The second-order valence-corrected chi connectivity index (χ2v) is 4.42. The van der Waals surface area contributed by atoms with Gasteiger partial charge in [0.2, 0.25) is 0 Å². The van der Waals surface area contributed by atoms with Crippen LogP contribution in [0.25, 0.3) is 0 Å². The molecule has 0 unspecified atom stereocenters. The summed E-state index contributed by atoms with van der Waals surface area (Å²) in [6.45, 7) is 0. The Labute approximate surface area is 98.7 Å². The number of nitrogens with two attached hydrogens (primary N) is 1. The zero-order valence-corrected chi connectivity index (χ0v) is 9.37. The SMILES string of the molecule is N#Cc1cc(Sc2ccccc2)ccc1N. The monoisotopic (exact) mass is 226 g/mol. The molecule has 0 amide bonds. The number of benzene rings is 2. The molecule has 0 aliphatic carbocycles. The van der Waals surface area contributed by atoms with Gasteiger partial charge in [-0.1, -0.05) is 30.0 Å². The fourth-order valence-electron chi connectivity index (χ4n) is 1.32. The van der Waals surface area contributed by atoms with Crippen LogP contribution in [0, 0.1) is 11.3 Å². The van der Waals surface area contributed by atoms with Crippen molar-refractivity contribution < 1.29 is 0 Å². The topological polar surface area (TPSA) is 49.8 Å². The molecule has 0 atom stereocenters. The minimum absolute atomic E-state index is 0.528. The first-order valence-electron chi connectivity index (χ1n) is 4.82. The molecule has 0 aromatic heterocycles. The van der Waals surface area contributed by atoms with Gasteiger partial charge < -0.3 is 5.73 Å². The molecule has 3 heteroatoms. The second-order valence-electron chi connectivity index (χ2n) is 3.28. The third kappa shape index (κ3) is 2.36. The van der Waals surface area contributed by atoms with Crippen LogP contribution in [0.3, 0.4) is 0 Å². The minimum atomic E-state index is 0.528. The normalized spacial score (nSPS) is 9.69. The predicted octanol–water partition coefficient (Wildman–Crippen LogP) is 3.29. The summed E-state index contributed by atoms with van der Waals surface area (Å²) in [5, 5.41) is 8.87. The van der Waals surface area contributed by atoms with Gasteiger partial charge in [-0.15, -0.1) is 0 Å². The maximum Gasteiger partial charge on any atom is 0.101 e. The van der Waals surface area contributed by atoms with Gasteiger partial charge in [0.15, 0.2) is 0 Å². The van der Waals surface area contributed by atoms with E-state index in [0.717, 1.165) is 9.79 Å². The fourth-order valence-corrected chi connectivity index (χ4v) is 2.20. The Kier molecular flexibility index (Phi) is 3.13. The lowest BCUT2D eigenvalue weighted by atomic mass is 10.2. The summed E-state index contributed by atoms with van der Waals surface area (Å²) in [5.74, 6) is 0. The van der Waals surface area contributed by atoms with Crippen molar-refractivity contribution in [3.8, 4) is 6.07 Å². The van der Waals surface area contributed by atoms with E-state index >= 15 is 0 Å². The van der Waals surface area contributed by atoms with Gasteiger partial charge in [0.05, 0.1) is 5.56 Å². The summed E-state index contributed by atoms with van der Waals surface area (Å²) in [4.78, 5) is 2.17. The Morgan fingerprint density at radius 1 is 1.00 bits per heavy atom. The molecule has 0 fully saturated rings. The van der Waals surface area contributed by atoms with E-state index in [-0.39, 0.29) is 0 Å². The zero-order valence-electron chi connectivity index (χ0n) is 8.55. The van der Waals surface area contributed by atoms with Crippen LogP contribution in [0.5, 0.6) is 0 Å². The largest absolute Gasteiger partial charge is 0.398 e. The average Bonchev–Trinajstić information content (AvgIpc) is 2.33. The van der Waals surface area contributed by atoms with E-state index in [4.69, 9.17) is 11.0 Å². The molecule has 0 radical (unpaired) electrons. The quantitative estimate of drug-likeness (QED) is 0.799. The highest BCUT2D eigenvalue weighted by Gasteiger charge is 2.01. The molecule has 0 heterocycles. The van der Waals surface area contributed by atoms with E-state index in [2.05, 4.69) is 6.07 Å². The number of hydrogen-bond donors (Lipinski definition) is 1. The van der Waals surface area contributed by atoms with Gasteiger partial charge in [-0.25, -0.2) is 0 Å². The van der Waals surface area contributed by atoms with Crippen molar-refractivity contribution in [2.24, 2.45) is 0 Å². The molecular formula is C13H10N2S. The van der Waals surface area contributed by atoms with E-state index in [1.54, 1.807) is 17.8 Å². The number of hydrogen-bond acceptors (Lipinski definition) is 3. The van der Waals surface area contributed by atoms with Crippen molar-refractivity contribution in [1.82, 2.24) is 0 Å².